The number of nitrogens with one attached hydrogen (secondary N) is 1. The largest absolute Gasteiger partial charge is 0.365 e. The summed E-state index contributed by atoms with van der Waals surface area (Å²) in [5.41, 5.74) is 2.82. The lowest BCUT2D eigenvalue weighted by atomic mass is 10.1. The van der Waals surface area contributed by atoms with Gasteiger partial charge in [-0.15, -0.1) is 0 Å². The maximum absolute atomic E-state index is 12.6. The lowest BCUT2D eigenvalue weighted by Gasteiger charge is -2.24. The Kier molecular flexibility index (Phi) is 8.41. The Morgan fingerprint density at radius 3 is 2.55 bits per heavy atom. The van der Waals surface area contributed by atoms with Crippen molar-refractivity contribution in [3.63, 3.8) is 0 Å². The molecular weight excluding hydrogens is 442 g/mol. The third kappa shape index (κ3) is 6.73. The smallest absolute Gasteiger partial charge is 0.293 e. The van der Waals surface area contributed by atoms with E-state index < -0.39 is 14.9 Å². The van der Waals surface area contributed by atoms with Crippen LogP contribution in [0, 0.1) is 17.0 Å². The summed E-state index contributed by atoms with van der Waals surface area (Å²) in [6.07, 6.45) is 0.870. The third-order valence-electron chi connectivity index (χ3n) is 5.89. The van der Waals surface area contributed by atoms with Gasteiger partial charge in [-0.25, -0.2) is 13.1 Å². The van der Waals surface area contributed by atoms with Gasteiger partial charge < -0.3 is 9.80 Å². The number of nitrogens with zero attached hydrogens (tertiary/aromatic N) is 4. The zero-order chi connectivity index (χ0) is 24.0. The van der Waals surface area contributed by atoms with E-state index in [1.165, 1.54) is 23.3 Å². The fraction of sp³-hybridized carbons (Fsp3) is 0.478. The van der Waals surface area contributed by atoms with Crippen LogP contribution in [0.1, 0.15) is 17.5 Å². The van der Waals surface area contributed by atoms with E-state index in [4.69, 9.17) is 0 Å². The van der Waals surface area contributed by atoms with Crippen molar-refractivity contribution < 1.29 is 13.3 Å². The molecule has 9 nitrogen and oxygen atoms in total. The minimum Gasteiger partial charge on any atom is -0.365 e. The maximum Gasteiger partial charge on any atom is 0.293 e. The highest BCUT2D eigenvalue weighted by Gasteiger charge is 2.26. The average molecular weight is 476 g/mol. The Morgan fingerprint density at radius 1 is 1.09 bits per heavy atom. The number of rotatable bonds is 9. The van der Waals surface area contributed by atoms with Crippen molar-refractivity contribution in [3.8, 4) is 0 Å². The van der Waals surface area contributed by atoms with Crippen LogP contribution in [0.3, 0.4) is 0 Å². The summed E-state index contributed by atoms with van der Waals surface area (Å²) < 4.78 is 27.7. The van der Waals surface area contributed by atoms with Crippen molar-refractivity contribution in [1.29, 1.82) is 0 Å². The van der Waals surface area contributed by atoms with Crippen molar-refractivity contribution in [2.24, 2.45) is 0 Å². The predicted octanol–water partition coefficient (Wildman–Crippen LogP) is 2.46. The number of aryl methyl sites for hydroxylation is 1. The van der Waals surface area contributed by atoms with Gasteiger partial charge in [-0.3, -0.25) is 15.0 Å². The van der Waals surface area contributed by atoms with E-state index in [0.29, 0.717) is 25.3 Å². The van der Waals surface area contributed by atoms with Crippen molar-refractivity contribution in [2.45, 2.75) is 24.8 Å². The number of anilines is 1. The van der Waals surface area contributed by atoms with Gasteiger partial charge in [0.05, 0.1) is 9.82 Å². The lowest BCUT2D eigenvalue weighted by Crippen LogP contribution is -2.32. The molecule has 1 saturated heterocycles. The fourth-order valence-electron chi connectivity index (χ4n) is 3.97. The molecule has 1 fully saturated rings. The molecule has 0 spiro atoms. The standard InChI is InChI=1S/C23H33N5O4S/c1-19-7-4-5-8-20(19)18-26-12-6-13-27(16-15-26)22-10-9-21(17-23(22)28(29)30)33(31,32)24-11-14-25(2)3/h4-5,7-10,17,24H,6,11-16,18H2,1-3H3. The van der Waals surface area contributed by atoms with Crippen LogP contribution >= 0.6 is 0 Å². The Morgan fingerprint density at radius 2 is 1.85 bits per heavy atom. The Bertz CT molecular complexity index is 1070. The molecule has 0 aromatic heterocycles. The van der Waals surface area contributed by atoms with Gasteiger partial charge in [0.15, 0.2) is 0 Å². The molecule has 33 heavy (non-hydrogen) atoms. The number of nitro groups is 1. The maximum atomic E-state index is 12.6. The van der Waals surface area contributed by atoms with Crippen molar-refractivity contribution in [1.82, 2.24) is 14.5 Å². The number of likely N-dealkylation sites (N-methyl/N-ethyl adjacent to an activating group) is 1. The topological polar surface area (TPSA) is 99.0 Å². The van der Waals surface area contributed by atoms with E-state index in [2.05, 4.69) is 28.7 Å². The van der Waals surface area contributed by atoms with Crippen LogP contribution < -0.4 is 9.62 Å². The Balaban J connectivity index is 1.74. The number of benzene rings is 2. The molecule has 3 rings (SSSR count). The summed E-state index contributed by atoms with van der Waals surface area (Å²) in [6.45, 7) is 6.71. The van der Waals surface area contributed by atoms with E-state index in [9.17, 15) is 18.5 Å². The predicted molar refractivity (Wildman–Crippen MR) is 130 cm³/mol. The average Bonchev–Trinajstić information content (AvgIpc) is 3.00. The molecule has 0 aliphatic carbocycles. The summed E-state index contributed by atoms with van der Waals surface area (Å²) in [6, 6.07) is 12.5. The molecule has 0 radical (unpaired) electrons. The Hall–Kier alpha value is -2.53. The van der Waals surface area contributed by atoms with Gasteiger partial charge in [0.2, 0.25) is 10.0 Å². The van der Waals surface area contributed by atoms with Crippen LogP contribution in [0.4, 0.5) is 11.4 Å². The van der Waals surface area contributed by atoms with E-state index in [-0.39, 0.29) is 17.1 Å². The summed E-state index contributed by atoms with van der Waals surface area (Å²) in [7, 11) is -0.133. The molecule has 0 saturated carbocycles. The molecule has 1 aliphatic rings. The number of hydrogen-bond acceptors (Lipinski definition) is 7. The molecule has 10 heteroatoms. The number of nitro benzene ring substituents is 1. The molecule has 0 unspecified atom stereocenters. The minimum absolute atomic E-state index is 0.0901. The van der Waals surface area contributed by atoms with Gasteiger partial charge in [-0.1, -0.05) is 24.3 Å². The second kappa shape index (κ2) is 11.1. The molecule has 0 amide bonds. The molecule has 1 aliphatic heterocycles. The monoisotopic (exact) mass is 475 g/mol. The molecule has 1 N–H and O–H groups in total. The second-order valence-electron chi connectivity index (χ2n) is 8.65. The van der Waals surface area contributed by atoms with Gasteiger partial charge >= 0.3 is 0 Å². The molecule has 2 aromatic rings. The fourth-order valence-corrected chi connectivity index (χ4v) is 5.01. The van der Waals surface area contributed by atoms with Crippen molar-refractivity contribution in [3.05, 3.63) is 63.7 Å². The first-order chi connectivity index (χ1) is 15.7. The van der Waals surface area contributed by atoms with Crippen LogP contribution in [0.15, 0.2) is 47.4 Å². The van der Waals surface area contributed by atoms with E-state index >= 15 is 0 Å². The molecule has 1 heterocycles. The van der Waals surface area contributed by atoms with Gasteiger partial charge in [-0.05, 0) is 50.7 Å². The zero-order valence-corrected chi connectivity index (χ0v) is 20.3. The third-order valence-corrected chi connectivity index (χ3v) is 7.35. The van der Waals surface area contributed by atoms with Gasteiger partial charge in [0.25, 0.3) is 5.69 Å². The van der Waals surface area contributed by atoms with Gasteiger partial charge in [-0.2, -0.15) is 0 Å². The van der Waals surface area contributed by atoms with Crippen LogP contribution in [0.5, 0.6) is 0 Å². The Labute approximate surface area is 196 Å². The van der Waals surface area contributed by atoms with E-state index in [1.807, 2.05) is 36.0 Å². The minimum atomic E-state index is -3.82. The van der Waals surface area contributed by atoms with Gasteiger partial charge in [0.1, 0.15) is 5.69 Å². The number of sulfonamides is 1. The molecule has 2 aromatic carbocycles. The summed E-state index contributed by atoms with van der Waals surface area (Å²) in [5.74, 6) is 0. The highest BCUT2D eigenvalue weighted by molar-refractivity contribution is 7.89. The van der Waals surface area contributed by atoms with Crippen LogP contribution in [-0.4, -0.2) is 76.5 Å². The summed E-state index contributed by atoms with van der Waals surface area (Å²) in [4.78, 5) is 17.4. The molecule has 0 atom stereocenters. The zero-order valence-electron chi connectivity index (χ0n) is 19.5. The summed E-state index contributed by atoms with van der Waals surface area (Å²) in [5, 5.41) is 11.8. The lowest BCUT2D eigenvalue weighted by molar-refractivity contribution is -0.384. The molecular formula is C23H33N5O4S. The van der Waals surface area contributed by atoms with Crippen LogP contribution in [-0.2, 0) is 16.6 Å². The van der Waals surface area contributed by atoms with E-state index in [1.54, 1.807) is 6.07 Å². The highest BCUT2D eigenvalue weighted by atomic mass is 32.2. The van der Waals surface area contributed by atoms with Crippen LogP contribution in [0.2, 0.25) is 0 Å². The summed E-state index contributed by atoms with van der Waals surface area (Å²) >= 11 is 0. The van der Waals surface area contributed by atoms with Crippen LogP contribution in [0.25, 0.3) is 0 Å². The first kappa shape index (κ1) is 25.1. The van der Waals surface area contributed by atoms with Crippen molar-refractivity contribution >= 4 is 21.4 Å². The first-order valence-electron chi connectivity index (χ1n) is 11.1. The SMILES string of the molecule is Cc1ccccc1CN1CCCN(c2ccc(S(=O)(=O)NCCN(C)C)cc2[N+](=O)[O-])CC1. The second-order valence-corrected chi connectivity index (χ2v) is 10.4. The first-order valence-corrected chi connectivity index (χ1v) is 12.6. The highest BCUT2D eigenvalue weighted by Crippen LogP contribution is 2.31. The normalized spacial score (nSPS) is 15.6. The quantitative estimate of drug-likeness (QED) is 0.439. The van der Waals surface area contributed by atoms with Crippen molar-refractivity contribution in [2.75, 3.05) is 58.3 Å². The van der Waals surface area contributed by atoms with Gasteiger partial charge in [0, 0.05) is 51.9 Å². The molecule has 0 bridgehead atoms. The number of hydrogen-bond donors (Lipinski definition) is 1. The molecule has 180 valence electrons. The van der Waals surface area contributed by atoms with E-state index in [0.717, 1.165) is 26.1 Å².